The van der Waals surface area contributed by atoms with Gasteiger partial charge >= 0.3 is 0 Å². The van der Waals surface area contributed by atoms with Crippen LogP contribution < -0.4 is 5.73 Å². The summed E-state index contributed by atoms with van der Waals surface area (Å²) < 4.78 is 0. The Morgan fingerprint density at radius 2 is 1.83 bits per heavy atom. The van der Waals surface area contributed by atoms with Crippen molar-refractivity contribution >= 4 is 5.96 Å². The maximum absolute atomic E-state index is 6.11. The van der Waals surface area contributed by atoms with Gasteiger partial charge in [-0.2, -0.15) is 0 Å². The van der Waals surface area contributed by atoms with E-state index in [9.17, 15) is 0 Å². The summed E-state index contributed by atoms with van der Waals surface area (Å²) in [5, 5.41) is 0. The summed E-state index contributed by atoms with van der Waals surface area (Å²) in [5.74, 6) is 0.737. The summed E-state index contributed by atoms with van der Waals surface area (Å²) in [6, 6.07) is 10.6. The minimum Gasteiger partial charge on any atom is -0.370 e. The molecule has 0 atom stereocenters. The lowest BCUT2D eigenvalue weighted by molar-refractivity contribution is 0.136. The lowest BCUT2D eigenvalue weighted by Crippen LogP contribution is -2.52. The van der Waals surface area contributed by atoms with Crippen LogP contribution in [0.1, 0.15) is 37.7 Å². The number of aliphatic imine (C=N–C) groups is 1. The number of nitrogens with two attached hydrogens (primary N) is 1. The first kappa shape index (κ1) is 11.6. The van der Waals surface area contributed by atoms with Gasteiger partial charge in [-0.05, 0) is 18.4 Å². The fourth-order valence-electron chi connectivity index (χ4n) is 3.29. The van der Waals surface area contributed by atoms with Gasteiger partial charge in [0.2, 0.25) is 0 Å². The summed E-state index contributed by atoms with van der Waals surface area (Å²) in [6.45, 7) is 1.79. The number of rotatable bonds is 2. The van der Waals surface area contributed by atoms with Crippen LogP contribution in [-0.4, -0.2) is 22.9 Å². The van der Waals surface area contributed by atoms with E-state index >= 15 is 0 Å². The molecule has 18 heavy (non-hydrogen) atoms. The lowest BCUT2D eigenvalue weighted by Gasteiger charge is -2.42. The van der Waals surface area contributed by atoms with Gasteiger partial charge in [-0.1, -0.05) is 49.6 Å². The molecule has 0 aromatic heterocycles. The summed E-state index contributed by atoms with van der Waals surface area (Å²) in [6.07, 6.45) is 6.47. The van der Waals surface area contributed by atoms with Crippen LogP contribution in [0.4, 0.5) is 0 Å². The zero-order valence-electron chi connectivity index (χ0n) is 10.8. The number of benzene rings is 1. The van der Waals surface area contributed by atoms with E-state index in [1.54, 1.807) is 0 Å². The Kier molecular flexibility index (Phi) is 2.98. The largest absolute Gasteiger partial charge is 0.370 e. The van der Waals surface area contributed by atoms with Crippen molar-refractivity contribution in [3.8, 4) is 0 Å². The van der Waals surface area contributed by atoms with Gasteiger partial charge in [-0.25, -0.2) is 0 Å². The fraction of sp³-hybridized carbons (Fsp3) is 0.533. The molecule has 1 aromatic rings. The van der Waals surface area contributed by atoms with E-state index in [4.69, 9.17) is 5.73 Å². The quantitative estimate of drug-likeness (QED) is 0.867. The van der Waals surface area contributed by atoms with Crippen molar-refractivity contribution < 1.29 is 0 Å². The molecule has 1 heterocycles. The van der Waals surface area contributed by atoms with Crippen molar-refractivity contribution in [1.82, 2.24) is 4.90 Å². The van der Waals surface area contributed by atoms with Crippen LogP contribution in [0, 0.1) is 0 Å². The Labute approximate surface area is 109 Å². The Balaban J connectivity index is 1.81. The van der Waals surface area contributed by atoms with Crippen molar-refractivity contribution in [2.24, 2.45) is 10.7 Å². The van der Waals surface area contributed by atoms with Crippen molar-refractivity contribution in [3.63, 3.8) is 0 Å². The fourth-order valence-corrected chi connectivity index (χ4v) is 3.29. The highest BCUT2D eigenvalue weighted by atomic mass is 15.4. The van der Waals surface area contributed by atoms with Crippen molar-refractivity contribution in [2.75, 3.05) is 6.54 Å². The van der Waals surface area contributed by atoms with E-state index in [1.165, 1.54) is 37.7 Å². The third-order valence-corrected chi connectivity index (χ3v) is 4.35. The Morgan fingerprint density at radius 3 is 2.56 bits per heavy atom. The highest BCUT2D eigenvalue weighted by molar-refractivity contribution is 5.81. The second-order valence-electron chi connectivity index (χ2n) is 5.53. The maximum atomic E-state index is 6.11. The minimum absolute atomic E-state index is 0.220. The topological polar surface area (TPSA) is 41.6 Å². The predicted molar refractivity (Wildman–Crippen MR) is 74.3 cm³/mol. The first-order valence-corrected chi connectivity index (χ1v) is 6.92. The molecule has 1 fully saturated rings. The number of guanidine groups is 1. The third kappa shape index (κ3) is 1.98. The molecule has 1 aliphatic heterocycles. The molecule has 1 spiro atoms. The minimum atomic E-state index is 0.220. The summed E-state index contributed by atoms with van der Waals surface area (Å²) in [4.78, 5) is 6.86. The summed E-state index contributed by atoms with van der Waals surface area (Å²) in [5.41, 5.74) is 7.65. The second kappa shape index (κ2) is 4.63. The highest BCUT2D eigenvalue weighted by Gasteiger charge is 2.42. The van der Waals surface area contributed by atoms with Crippen LogP contribution in [0.5, 0.6) is 0 Å². The van der Waals surface area contributed by atoms with Gasteiger partial charge in [-0.15, -0.1) is 0 Å². The first-order chi connectivity index (χ1) is 8.80. The highest BCUT2D eigenvalue weighted by Crippen LogP contribution is 2.37. The standard InChI is InChI=1S/C15H21N3/c16-14-17-12-15(9-5-2-6-10-15)18(14)11-13-7-3-1-4-8-13/h1,3-4,7-8H,2,5-6,9-12H2,(H2,16,17). The lowest BCUT2D eigenvalue weighted by atomic mass is 9.81. The van der Waals surface area contributed by atoms with E-state index in [2.05, 4.69) is 40.2 Å². The summed E-state index contributed by atoms with van der Waals surface area (Å²) >= 11 is 0. The molecule has 3 rings (SSSR count). The molecular formula is C15H21N3. The van der Waals surface area contributed by atoms with Crippen LogP contribution in [0.2, 0.25) is 0 Å². The Morgan fingerprint density at radius 1 is 1.11 bits per heavy atom. The average Bonchev–Trinajstić information content (AvgIpc) is 2.71. The molecule has 1 aromatic carbocycles. The van der Waals surface area contributed by atoms with E-state index in [-0.39, 0.29) is 5.54 Å². The number of nitrogens with zero attached hydrogens (tertiary/aromatic N) is 2. The molecule has 0 radical (unpaired) electrons. The van der Waals surface area contributed by atoms with E-state index in [1.807, 2.05) is 0 Å². The number of hydrogen-bond acceptors (Lipinski definition) is 3. The molecule has 0 amide bonds. The molecule has 0 unspecified atom stereocenters. The van der Waals surface area contributed by atoms with Crippen molar-refractivity contribution in [3.05, 3.63) is 35.9 Å². The number of hydrogen-bond donors (Lipinski definition) is 1. The molecule has 2 aliphatic rings. The predicted octanol–water partition coefficient (Wildman–Crippen LogP) is 2.52. The molecule has 1 saturated carbocycles. The van der Waals surface area contributed by atoms with Gasteiger partial charge in [0.1, 0.15) is 0 Å². The molecule has 3 heteroatoms. The van der Waals surface area contributed by atoms with E-state index in [0.717, 1.165) is 19.0 Å². The summed E-state index contributed by atoms with van der Waals surface area (Å²) in [7, 11) is 0. The van der Waals surface area contributed by atoms with Crippen molar-refractivity contribution in [2.45, 2.75) is 44.2 Å². The SMILES string of the molecule is NC1=NCC2(CCCCC2)N1Cc1ccccc1. The Bertz CT molecular complexity index is 432. The maximum Gasteiger partial charge on any atom is 0.192 e. The van der Waals surface area contributed by atoms with Crippen LogP contribution in [0.3, 0.4) is 0 Å². The first-order valence-electron chi connectivity index (χ1n) is 6.92. The second-order valence-corrected chi connectivity index (χ2v) is 5.53. The zero-order chi connectivity index (χ0) is 12.4. The average molecular weight is 243 g/mol. The van der Waals surface area contributed by atoms with Gasteiger partial charge < -0.3 is 10.6 Å². The monoisotopic (exact) mass is 243 g/mol. The van der Waals surface area contributed by atoms with Crippen molar-refractivity contribution in [1.29, 1.82) is 0 Å². The molecule has 96 valence electrons. The Hall–Kier alpha value is -1.51. The van der Waals surface area contributed by atoms with Gasteiger partial charge in [0.25, 0.3) is 0 Å². The van der Waals surface area contributed by atoms with Crippen LogP contribution in [0.25, 0.3) is 0 Å². The van der Waals surface area contributed by atoms with E-state index < -0.39 is 0 Å². The van der Waals surface area contributed by atoms with Gasteiger partial charge in [-0.3, -0.25) is 4.99 Å². The molecule has 0 bridgehead atoms. The molecule has 1 aliphatic carbocycles. The molecule has 2 N–H and O–H groups in total. The zero-order valence-corrected chi connectivity index (χ0v) is 10.8. The van der Waals surface area contributed by atoms with Gasteiger partial charge in [0, 0.05) is 6.54 Å². The normalized spacial score (nSPS) is 22.2. The van der Waals surface area contributed by atoms with Crippen LogP contribution in [0.15, 0.2) is 35.3 Å². The molecule has 3 nitrogen and oxygen atoms in total. The smallest absolute Gasteiger partial charge is 0.192 e. The van der Waals surface area contributed by atoms with Crippen LogP contribution in [-0.2, 0) is 6.54 Å². The molecular weight excluding hydrogens is 222 g/mol. The van der Waals surface area contributed by atoms with Gasteiger partial charge in [0.15, 0.2) is 5.96 Å². The molecule has 0 saturated heterocycles. The third-order valence-electron chi connectivity index (χ3n) is 4.35. The van der Waals surface area contributed by atoms with Crippen LogP contribution >= 0.6 is 0 Å². The van der Waals surface area contributed by atoms with Gasteiger partial charge in [0.05, 0.1) is 12.1 Å². The van der Waals surface area contributed by atoms with E-state index in [0.29, 0.717) is 0 Å².